The Labute approximate surface area is 242 Å². The van der Waals surface area contributed by atoms with Crippen LogP contribution in [0.1, 0.15) is 37.9 Å². The lowest BCUT2D eigenvalue weighted by Gasteiger charge is -2.30. The summed E-state index contributed by atoms with van der Waals surface area (Å²) in [6.07, 6.45) is 1.79. The van der Waals surface area contributed by atoms with Crippen LogP contribution in [-0.2, 0) is 4.79 Å². The van der Waals surface area contributed by atoms with Crippen molar-refractivity contribution in [3.05, 3.63) is 96.7 Å². The van der Waals surface area contributed by atoms with Gasteiger partial charge in [0.2, 0.25) is 0 Å². The van der Waals surface area contributed by atoms with Crippen molar-refractivity contribution < 1.29 is 19.0 Å². The first-order valence-corrected chi connectivity index (χ1v) is 14.3. The van der Waals surface area contributed by atoms with Gasteiger partial charge < -0.3 is 19.1 Å². The van der Waals surface area contributed by atoms with Crippen molar-refractivity contribution in [3.63, 3.8) is 0 Å². The average Bonchev–Trinajstić information content (AvgIpc) is 3.29. The molecule has 8 nitrogen and oxygen atoms in total. The van der Waals surface area contributed by atoms with Gasteiger partial charge in [-0.25, -0.2) is 4.99 Å². The van der Waals surface area contributed by atoms with E-state index in [0.29, 0.717) is 56.5 Å². The normalized spacial score (nSPS) is 15.0. The third-order valence-corrected chi connectivity index (χ3v) is 8.43. The van der Waals surface area contributed by atoms with Gasteiger partial charge in [0.05, 0.1) is 37.1 Å². The van der Waals surface area contributed by atoms with Gasteiger partial charge in [-0.1, -0.05) is 53.8 Å². The number of para-hydroxylation sites is 1. The number of rotatable bonds is 8. The Bertz CT molecular complexity index is 1850. The molecule has 2 heterocycles. The molecular formula is C32H33N3O5S. The SMILES string of the molecule is CCN(CC)C(=O)C1=C(C)N=c2s/c(=C/c3cccc(OC)c3OC)c(=O)n2[C@@H]1c1c(OC)ccc2ccccc12. The maximum Gasteiger partial charge on any atom is 0.271 e. The molecule has 0 fully saturated rings. The number of thiazole rings is 1. The van der Waals surface area contributed by atoms with E-state index < -0.39 is 6.04 Å². The molecule has 1 amide bonds. The molecule has 0 spiro atoms. The summed E-state index contributed by atoms with van der Waals surface area (Å²) in [5, 5.41) is 1.89. The Morgan fingerprint density at radius 3 is 2.39 bits per heavy atom. The Balaban J connectivity index is 1.86. The number of aromatic nitrogens is 1. The van der Waals surface area contributed by atoms with Crippen molar-refractivity contribution in [2.45, 2.75) is 26.8 Å². The number of fused-ring (bicyclic) bond motifs is 2. The number of nitrogens with zero attached hydrogens (tertiary/aromatic N) is 3. The summed E-state index contributed by atoms with van der Waals surface area (Å²) in [5.74, 6) is 1.54. The highest BCUT2D eigenvalue weighted by atomic mass is 32.1. The number of carbonyl (C=O) groups is 1. The van der Waals surface area contributed by atoms with E-state index in [4.69, 9.17) is 19.2 Å². The van der Waals surface area contributed by atoms with Crippen LogP contribution in [0.2, 0.25) is 0 Å². The molecule has 1 aromatic heterocycles. The van der Waals surface area contributed by atoms with Gasteiger partial charge in [0, 0.05) is 24.2 Å². The van der Waals surface area contributed by atoms with E-state index in [0.717, 1.165) is 16.3 Å². The number of hydrogen-bond acceptors (Lipinski definition) is 7. The molecule has 3 aromatic carbocycles. The van der Waals surface area contributed by atoms with Gasteiger partial charge in [-0.3, -0.25) is 14.2 Å². The van der Waals surface area contributed by atoms with Crippen LogP contribution in [0.15, 0.2) is 75.7 Å². The first-order valence-electron chi connectivity index (χ1n) is 13.5. The fraction of sp³-hybridized carbons (Fsp3) is 0.281. The van der Waals surface area contributed by atoms with Crippen LogP contribution in [0.5, 0.6) is 17.2 Å². The second-order valence-corrected chi connectivity index (χ2v) is 10.6. The largest absolute Gasteiger partial charge is 0.496 e. The predicted octanol–water partition coefficient (Wildman–Crippen LogP) is 4.28. The summed E-state index contributed by atoms with van der Waals surface area (Å²) in [5.41, 5.74) is 2.24. The summed E-state index contributed by atoms with van der Waals surface area (Å²) in [7, 11) is 4.75. The lowest BCUT2D eigenvalue weighted by molar-refractivity contribution is -0.127. The van der Waals surface area contributed by atoms with Gasteiger partial charge in [-0.2, -0.15) is 0 Å². The van der Waals surface area contributed by atoms with E-state index in [1.54, 1.807) is 42.9 Å². The summed E-state index contributed by atoms with van der Waals surface area (Å²) in [6.45, 7) is 6.80. The molecule has 41 heavy (non-hydrogen) atoms. The topological polar surface area (TPSA) is 82.4 Å². The third kappa shape index (κ3) is 4.80. The molecular weight excluding hydrogens is 538 g/mol. The molecule has 0 saturated carbocycles. The van der Waals surface area contributed by atoms with Crippen LogP contribution in [-0.4, -0.2) is 49.8 Å². The molecule has 1 aliphatic heterocycles. The summed E-state index contributed by atoms with van der Waals surface area (Å²) in [6, 6.07) is 16.6. The number of carbonyl (C=O) groups excluding carboxylic acids is 1. The van der Waals surface area contributed by atoms with Crippen LogP contribution in [0.25, 0.3) is 16.8 Å². The molecule has 1 atom stereocenters. The van der Waals surface area contributed by atoms with Crippen LogP contribution < -0.4 is 29.1 Å². The molecule has 1 aliphatic rings. The highest BCUT2D eigenvalue weighted by molar-refractivity contribution is 7.07. The van der Waals surface area contributed by atoms with Crippen molar-refractivity contribution in [2.75, 3.05) is 34.4 Å². The van der Waals surface area contributed by atoms with Gasteiger partial charge >= 0.3 is 0 Å². The van der Waals surface area contributed by atoms with Gasteiger partial charge in [0.15, 0.2) is 16.3 Å². The highest BCUT2D eigenvalue weighted by Gasteiger charge is 2.36. The smallest absolute Gasteiger partial charge is 0.271 e. The van der Waals surface area contributed by atoms with Crippen molar-refractivity contribution in [2.24, 2.45) is 4.99 Å². The number of amides is 1. The monoisotopic (exact) mass is 571 g/mol. The lowest BCUT2D eigenvalue weighted by Crippen LogP contribution is -2.43. The molecule has 0 unspecified atom stereocenters. The second-order valence-electron chi connectivity index (χ2n) is 9.54. The van der Waals surface area contributed by atoms with E-state index in [2.05, 4.69) is 0 Å². The van der Waals surface area contributed by atoms with Crippen molar-refractivity contribution in [1.82, 2.24) is 9.47 Å². The number of hydrogen-bond donors (Lipinski definition) is 0. The number of likely N-dealkylation sites (N-methyl/N-ethyl adjacent to an activating group) is 1. The van der Waals surface area contributed by atoms with Gasteiger partial charge in [-0.05, 0) is 49.8 Å². The Hall–Kier alpha value is -4.37. The maximum atomic E-state index is 14.3. The maximum absolute atomic E-state index is 14.3. The van der Waals surface area contributed by atoms with Crippen LogP contribution >= 0.6 is 11.3 Å². The molecule has 212 valence electrons. The first-order chi connectivity index (χ1) is 19.9. The van der Waals surface area contributed by atoms with E-state index in [1.165, 1.54) is 11.3 Å². The molecule has 0 bridgehead atoms. The zero-order valence-corrected chi connectivity index (χ0v) is 24.9. The van der Waals surface area contributed by atoms with E-state index >= 15 is 0 Å². The summed E-state index contributed by atoms with van der Waals surface area (Å²) < 4.78 is 19.0. The first kappa shape index (κ1) is 28.2. The molecule has 5 rings (SSSR count). The number of methoxy groups -OCH3 is 3. The Morgan fingerprint density at radius 2 is 1.71 bits per heavy atom. The molecule has 0 aliphatic carbocycles. The molecule has 0 radical (unpaired) electrons. The summed E-state index contributed by atoms with van der Waals surface area (Å²) >= 11 is 1.28. The third-order valence-electron chi connectivity index (χ3n) is 7.45. The van der Waals surface area contributed by atoms with Gasteiger partial charge in [0.25, 0.3) is 11.5 Å². The molecule has 0 N–H and O–H groups in total. The number of ether oxygens (including phenoxy) is 3. The van der Waals surface area contributed by atoms with E-state index in [1.807, 2.05) is 69.3 Å². The zero-order valence-electron chi connectivity index (χ0n) is 24.1. The zero-order chi connectivity index (χ0) is 29.3. The quantitative estimate of drug-likeness (QED) is 0.315. The van der Waals surface area contributed by atoms with Crippen molar-refractivity contribution in [3.8, 4) is 17.2 Å². The second kappa shape index (κ2) is 11.6. The lowest BCUT2D eigenvalue weighted by atomic mass is 9.90. The van der Waals surface area contributed by atoms with E-state index in [9.17, 15) is 9.59 Å². The van der Waals surface area contributed by atoms with Crippen LogP contribution in [0.4, 0.5) is 0 Å². The van der Waals surface area contributed by atoms with Gasteiger partial charge in [0.1, 0.15) is 11.8 Å². The van der Waals surface area contributed by atoms with E-state index in [-0.39, 0.29) is 11.5 Å². The van der Waals surface area contributed by atoms with Gasteiger partial charge in [-0.15, -0.1) is 0 Å². The highest BCUT2D eigenvalue weighted by Crippen LogP contribution is 2.40. The number of benzene rings is 3. The fourth-order valence-electron chi connectivity index (χ4n) is 5.45. The molecule has 4 aromatic rings. The van der Waals surface area contributed by atoms with Crippen molar-refractivity contribution >= 4 is 34.1 Å². The Kier molecular flexibility index (Phi) is 7.99. The van der Waals surface area contributed by atoms with Crippen LogP contribution in [0, 0.1) is 0 Å². The molecule has 0 saturated heterocycles. The molecule has 9 heteroatoms. The van der Waals surface area contributed by atoms with Crippen LogP contribution in [0.3, 0.4) is 0 Å². The van der Waals surface area contributed by atoms with Crippen molar-refractivity contribution in [1.29, 1.82) is 0 Å². The average molecular weight is 572 g/mol. The minimum Gasteiger partial charge on any atom is -0.496 e. The minimum atomic E-state index is -0.741. The standard InChI is InChI=1S/C32H33N3O5S/c1-7-34(8-2)31(37)26-19(3)33-32-35(28(26)27-22-14-10-9-12-20(22)16-17-23(27)38-4)30(36)25(41-32)18-21-13-11-15-24(39-5)29(21)40-6/h9-18,28H,7-8H2,1-6H3/b25-18+/t28-/m0/s1. The Morgan fingerprint density at radius 1 is 0.976 bits per heavy atom. The number of allylic oxidation sites excluding steroid dienone is 1. The summed E-state index contributed by atoms with van der Waals surface area (Å²) in [4.78, 5) is 35.5. The fourth-order valence-corrected chi connectivity index (χ4v) is 6.49. The predicted molar refractivity (Wildman–Crippen MR) is 162 cm³/mol. The minimum absolute atomic E-state index is 0.153.